The molecule has 4 rings (SSSR count). The molecule has 0 unspecified atom stereocenters. The van der Waals surface area contributed by atoms with Crippen molar-refractivity contribution in [3.63, 3.8) is 0 Å². The highest BCUT2D eigenvalue weighted by Crippen LogP contribution is 2.30. The van der Waals surface area contributed by atoms with Gasteiger partial charge in [0.25, 0.3) is 0 Å². The quantitative estimate of drug-likeness (QED) is 0.339. The molecule has 2 aromatic heterocycles. The predicted octanol–water partition coefficient (Wildman–Crippen LogP) is 4.38. The van der Waals surface area contributed by atoms with E-state index in [1.165, 1.54) is 12.1 Å². The molecular formula is C24H31F4N7O. The van der Waals surface area contributed by atoms with Gasteiger partial charge in [0.2, 0.25) is 5.95 Å². The summed E-state index contributed by atoms with van der Waals surface area (Å²) < 4.78 is 57.4. The van der Waals surface area contributed by atoms with Gasteiger partial charge in [0, 0.05) is 18.8 Å². The smallest absolute Gasteiger partial charge is 0.370 e. The van der Waals surface area contributed by atoms with Crippen LogP contribution in [0.5, 0.6) is 0 Å². The fraction of sp³-hybridized carbons (Fsp3) is 0.542. The van der Waals surface area contributed by atoms with Crippen LogP contribution in [0.3, 0.4) is 0 Å². The van der Waals surface area contributed by atoms with Crippen molar-refractivity contribution in [2.45, 2.75) is 44.9 Å². The number of hydrogen-bond acceptors (Lipinski definition) is 7. The number of ether oxygens (including phenoxy) is 1. The van der Waals surface area contributed by atoms with Crippen LogP contribution in [0.25, 0.3) is 11.0 Å². The van der Waals surface area contributed by atoms with Crippen LogP contribution in [-0.4, -0.2) is 77.3 Å². The molecule has 0 amide bonds. The maximum absolute atomic E-state index is 13.5. The lowest BCUT2D eigenvalue weighted by Crippen LogP contribution is -2.42. The molecule has 8 nitrogen and oxygen atoms in total. The zero-order valence-electron chi connectivity index (χ0n) is 20.6. The van der Waals surface area contributed by atoms with Gasteiger partial charge >= 0.3 is 6.18 Å². The Morgan fingerprint density at radius 2 is 1.83 bits per heavy atom. The SMILES string of the molecule is CCc1nn(CCOCC(F)(F)F)c2c(Nc3ccc(F)cc3)nc(N(C)C3CCN(C)CC3)nc12. The van der Waals surface area contributed by atoms with Gasteiger partial charge in [-0.15, -0.1) is 0 Å². The van der Waals surface area contributed by atoms with E-state index in [-0.39, 0.29) is 25.0 Å². The molecule has 196 valence electrons. The van der Waals surface area contributed by atoms with E-state index in [9.17, 15) is 17.6 Å². The van der Waals surface area contributed by atoms with E-state index < -0.39 is 12.8 Å². The van der Waals surface area contributed by atoms with Crippen molar-refractivity contribution in [3.8, 4) is 0 Å². The minimum absolute atomic E-state index is 0.0954. The van der Waals surface area contributed by atoms with Gasteiger partial charge in [0.15, 0.2) is 5.82 Å². The highest BCUT2D eigenvalue weighted by molar-refractivity contribution is 5.90. The molecule has 12 heteroatoms. The first-order valence-corrected chi connectivity index (χ1v) is 12.0. The van der Waals surface area contributed by atoms with Crippen LogP contribution < -0.4 is 10.2 Å². The third kappa shape index (κ3) is 6.22. The molecular weight excluding hydrogens is 478 g/mol. The number of anilines is 3. The fourth-order valence-electron chi connectivity index (χ4n) is 4.33. The maximum atomic E-state index is 13.5. The zero-order chi connectivity index (χ0) is 25.9. The number of nitrogens with zero attached hydrogens (tertiary/aromatic N) is 6. The summed E-state index contributed by atoms with van der Waals surface area (Å²) in [5.41, 5.74) is 2.52. The molecule has 1 fully saturated rings. The Bertz CT molecular complexity index is 1160. The van der Waals surface area contributed by atoms with E-state index in [1.54, 1.807) is 16.8 Å². The van der Waals surface area contributed by atoms with Crippen molar-refractivity contribution >= 4 is 28.5 Å². The topological polar surface area (TPSA) is 71.3 Å². The van der Waals surface area contributed by atoms with Crippen molar-refractivity contribution < 1.29 is 22.3 Å². The fourth-order valence-corrected chi connectivity index (χ4v) is 4.33. The third-order valence-corrected chi connectivity index (χ3v) is 6.35. The first-order chi connectivity index (χ1) is 17.1. The Balaban J connectivity index is 1.71. The lowest BCUT2D eigenvalue weighted by Gasteiger charge is -2.35. The van der Waals surface area contributed by atoms with Crippen LogP contribution in [-0.2, 0) is 17.7 Å². The Morgan fingerprint density at radius 3 is 2.47 bits per heavy atom. The summed E-state index contributed by atoms with van der Waals surface area (Å²) in [5.74, 6) is 0.616. The van der Waals surface area contributed by atoms with E-state index in [2.05, 4.69) is 27.3 Å². The minimum Gasteiger partial charge on any atom is -0.370 e. The Labute approximate surface area is 207 Å². The largest absolute Gasteiger partial charge is 0.411 e. The molecule has 0 saturated carbocycles. The summed E-state index contributed by atoms with van der Waals surface area (Å²) in [7, 11) is 4.07. The van der Waals surface area contributed by atoms with E-state index in [4.69, 9.17) is 14.7 Å². The van der Waals surface area contributed by atoms with Crippen LogP contribution in [0.2, 0.25) is 0 Å². The highest BCUT2D eigenvalue weighted by atomic mass is 19.4. The molecule has 0 radical (unpaired) electrons. The second kappa shape index (κ2) is 11.0. The summed E-state index contributed by atoms with van der Waals surface area (Å²) in [6.07, 6.45) is -1.86. The molecule has 36 heavy (non-hydrogen) atoms. The number of aromatic nitrogens is 4. The summed E-state index contributed by atoms with van der Waals surface area (Å²) >= 11 is 0. The molecule has 0 bridgehead atoms. The third-order valence-electron chi connectivity index (χ3n) is 6.35. The summed E-state index contributed by atoms with van der Waals surface area (Å²) in [5, 5.41) is 7.85. The van der Waals surface area contributed by atoms with E-state index >= 15 is 0 Å². The van der Waals surface area contributed by atoms with Crippen LogP contribution in [0.4, 0.5) is 35.0 Å². The van der Waals surface area contributed by atoms with Gasteiger partial charge < -0.3 is 19.9 Å². The molecule has 1 aliphatic rings. The molecule has 1 saturated heterocycles. The van der Waals surface area contributed by atoms with Gasteiger partial charge in [0.05, 0.1) is 18.8 Å². The van der Waals surface area contributed by atoms with Crippen LogP contribution in [0.1, 0.15) is 25.5 Å². The number of rotatable bonds is 9. The minimum atomic E-state index is -4.40. The number of alkyl halides is 3. The van der Waals surface area contributed by atoms with E-state index in [0.29, 0.717) is 40.6 Å². The van der Waals surface area contributed by atoms with Gasteiger partial charge in [-0.1, -0.05) is 6.92 Å². The van der Waals surface area contributed by atoms with Crippen LogP contribution in [0, 0.1) is 5.82 Å². The van der Waals surface area contributed by atoms with Gasteiger partial charge in [-0.2, -0.15) is 23.3 Å². The van der Waals surface area contributed by atoms with E-state index in [1.807, 2.05) is 14.0 Å². The number of hydrogen-bond donors (Lipinski definition) is 1. The van der Waals surface area contributed by atoms with Crippen molar-refractivity contribution in [2.75, 3.05) is 50.6 Å². The Kier molecular flexibility index (Phi) is 7.94. The van der Waals surface area contributed by atoms with Crippen molar-refractivity contribution in [1.82, 2.24) is 24.6 Å². The summed E-state index contributed by atoms with van der Waals surface area (Å²) in [6, 6.07) is 6.14. The predicted molar refractivity (Wildman–Crippen MR) is 130 cm³/mol. The van der Waals surface area contributed by atoms with Gasteiger partial charge in [-0.05, 0) is 63.7 Å². The highest BCUT2D eigenvalue weighted by Gasteiger charge is 2.28. The first-order valence-electron chi connectivity index (χ1n) is 12.0. The molecule has 1 N–H and O–H groups in total. The number of aryl methyl sites for hydroxylation is 1. The summed E-state index contributed by atoms with van der Waals surface area (Å²) in [6.45, 7) is 2.50. The second-order valence-electron chi connectivity index (χ2n) is 9.04. The lowest BCUT2D eigenvalue weighted by molar-refractivity contribution is -0.174. The number of halogens is 4. The zero-order valence-corrected chi connectivity index (χ0v) is 20.6. The Morgan fingerprint density at radius 1 is 1.14 bits per heavy atom. The average Bonchev–Trinajstić information content (AvgIpc) is 3.20. The van der Waals surface area contributed by atoms with Crippen LogP contribution in [0.15, 0.2) is 24.3 Å². The maximum Gasteiger partial charge on any atom is 0.411 e. The molecule has 1 aromatic carbocycles. The standard InChI is InChI=1S/C24H31F4N7O/c1-4-19-20-21(35(32-19)13-14-36-15-24(26,27)28)22(29-17-7-5-16(25)6-8-17)31-23(30-20)34(3)18-9-11-33(2)12-10-18/h5-8,18H,4,9-15H2,1-3H3,(H,29,30,31). The molecule has 0 aliphatic carbocycles. The number of likely N-dealkylation sites (tertiary alicyclic amines) is 1. The summed E-state index contributed by atoms with van der Waals surface area (Å²) in [4.78, 5) is 14.0. The molecule has 3 aromatic rings. The molecule has 1 aliphatic heterocycles. The second-order valence-corrected chi connectivity index (χ2v) is 9.04. The number of fused-ring (bicyclic) bond motifs is 1. The lowest BCUT2D eigenvalue weighted by atomic mass is 10.0. The number of piperidine rings is 1. The monoisotopic (exact) mass is 509 g/mol. The van der Waals surface area contributed by atoms with Crippen molar-refractivity contribution in [1.29, 1.82) is 0 Å². The molecule has 0 atom stereocenters. The average molecular weight is 510 g/mol. The normalized spacial score (nSPS) is 15.5. The van der Waals surface area contributed by atoms with Gasteiger partial charge in [-0.3, -0.25) is 4.68 Å². The molecule has 3 heterocycles. The van der Waals surface area contributed by atoms with Crippen molar-refractivity contribution in [3.05, 3.63) is 35.8 Å². The first kappa shape index (κ1) is 26.1. The number of benzene rings is 1. The van der Waals surface area contributed by atoms with Crippen molar-refractivity contribution in [2.24, 2.45) is 0 Å². The Hall–Kier alpha value is -2.99. The molecule has 0 spiro atoms. The van der Waals surface area contributed by atoms with Gasteiger partial charge in [0.1, 0.15) is 23.5 Å². The van der Waals surface area contributed by atoms with Crippen LogP contribution >= 0.6 is 0 Å². The van der Waals surface area contributed by atoms with E-state index in [0.717, 1.165) is 25.9 Å². The van der Waals surface area contributed by atoms with Gasteiger partial charge in [-0.25, -0.2) is 9.37 Å². The number of nitrogens with one attached hydrogen (secondary N) is 1.